The van der Waals surface area contributed by atoms with Crippen LogP contribution in [0.3, 0.4) is 0 Å². The number of pyridine rings is 1. The van der Waals surface area contributed by atoms with Crippen molar-refractivity contribution in [1.82, 2.24) is 4.98 Å². The molecule has 3 rings (SSSR count). The number of benzene rings is 1. The summed E-state index contributed by atoms with van der Waals surface area (Å²) in [4.78, 5) is 16.5. The van der Waals surface area contributed by atoms with Gasteiger partial charge in [-0.1, -0.05) is 49.7 Å². The first kappa shape index (κ1) is 30.2. The second-order valence-corrected chi connectivity index (χ2v) is 9.71. The number of ether oxygens (including phenoxy) is 2. The van der Waals surface area contributed by atoms with Crippen LogP contribution in [0.5, 0.6) is 11.6 Å². The molecule has 210 valence electrons. The Labute approximate surface area is 222 Å². The molecule has 1 N–H and O–H groups in total. The van der Waals surface area contributed by atoms with Crippen molar-refractivity contribution in [2.75, 3.05) is 6.61 Å². The molecule has 0 saturated heterocycles. The van der Waals surface area contributed by atoms with Crippen LogP contribution in [-0.4, -0.2) is 40.9 Å². The zero-order valence-electron chi connectivity index (χ0n) is 20.1. The lowest BCUT2D eigenvalue weighted by Crippen LogP contribution is -2.43. The zero-order chi connectivity index (χ0) is 29.4. The van der Waals surface area contributed by atoms with Gasteiger partial charge in [-0.25, -0.2) is 4.98 Å². The summed E-state index contributed by atoms with van der Waals surface area (Å²) in [5.41, 5.74) is -3.29. The molecule has 0 spiro atoms. The summed E-state index contributed by atoms with van der Waals surface area (Å²) in [7, 11) is 0. The Morgan fingerprint density at radius 1 is 1.18 bits per heavy atom. The second kappa shape index (κ2) is 10.3. The minimum Gasteiger partial charge on any atom is -0.481 e. The summed E-state index contributed by atoms with van der Waals surface area (Å²) >= 11 is 5.58. The van der Waals surface area contributed by atoms with Gasteiger partial charge in [-0.2, -0.15) is 36.0 Å². The van der Waals surface area contributed by atoms with Gasteiger partial charge in [0.2, 0.25) is 5.88 Å². The molecule has 0 bridgehead atoms. The highest BCUT2D eigenvalue weighted by atomic mass is 35.5. The van der Waals surface area contributed by atoms with Gasteiger partial charge in [-0.05, 0) is 29.2 Å². The van der Waals surface area contributed by atoms with Crippen molar-refractivity contribution in [2.24, 2.45) is 16.7 Å². The molecule has 1 aliphatic rings. The lowest BCUT2D eigenvalue weighted by molar-refractivity contribution is -0.323. The van der Waals surface area contributed by atoms with E-state index >= 15 is 0 Å². The van der Waals surface area contributed by atoms with Gasteiger partial charge in [0.25, 0.3) is 0 Å². The number of hydrogen-bond acceptors (Lipinski definition) is 5. The Hall–Kier alpha value is -3.37. The average Bonchev–Trinajstić information content (AvgIpc) is 3.33. The van der Waals surface area contributed by atoms with Gasteiger partial charge in [-0.15, -0.1) is 0 Å². The van der Waals surface area contributed by atoms with E-state index in [-0.39, 0.29) is 17.2 Å². The molecule has 1 saturated carbocycles. The Morgan fingerprint density at radius 2 is 1.85 bits per heavy atom. The van der Waals surface area contributed by atoms with Crippen LogP contribution in [0.1, 0.15) is 25.3 Å². The van der Waals surface area contributed by atoms with Crippen molar-refractivity contribution >= 4 is 17.6 Å². The first-order chi connectivity index (χ1) is 17.9. The van der Waals surface area contributed by atoms with Gasteiger partial charge in [0, 0.05) is 18.2 Å². The van der Waals surface area contributed by atoms with E-state index in [9.17, 15) is 45.9 Å². The van der Waals surface area contributed by atoms with Gasteiger partial charge >= 0.3 is 24.2 Å². The van der Waals surface area contributed by atoms with Crippen LogP contribution in [0.4, 0.5) is 30.7 Å². The largest absolute Gasteiger partial charge is 0.481 e. The predicted molar refractivity (Wildman–Crippen MR) is 122 cm³/mol. The van der Waals surface area contributed by atoms with Crippen LogP contribution in [0, 0.1) is 28.1 Å². The molecular formula is C25H20ClF7N2O4. The van der Waals surface area contributed by atoms with Crippen LogP contribution in [-0.2, 0) is 9.53 Å². The number of allylic oxidation sites excluding steroid dienone is 1. The molecule has 39 heavy (non-hydrogen) atoms. The maximum Gasteiger partial charge on any atom is 0.455 e. The molecule has 0 aliphatic heterocycles. The minimum absolute atomic E-state index is 0.154. The Balaban J connectivity index is 1.94. The van der Waals surface area contributed by atoms with Gasteiger partial charge in [0.1, 0.15) is 22.8 Å². The maximum absolute atomic E-state index is 14.3. The lowest BCUT2D eigenvalue weighted by atomic mass is 9.78. The molecule has 0 radical (unpaired) electrons. The lowest BCUT2D eigenvalue weighted by Gasteiger charge is -2.23. The highest BCUT2D eigenvalue weighted by molar-refractivity contribution is 6.30. The number of aliphatic carboxylic acids is 1. The third-order valence-electron chi connectivity index (χ3n) is 6.68. The molecule has 14 heteroatoms. The van der Waals surface area contributed by atoms with Crippen molar-refractivity contribution in [1.29, 1.82) is 5.26 Å². The molecule has 1 aromatic heterocycles. The fraction of sp³-hybridized carbons (Fsp3) is 0.400. The van der Waals surface area contributed by atoms with E-state index in [1.165, 1.54) is 44.3 Å². The van der Waals surface area contributed by atoms with E-state index < -0.39 is 58.5 Å². The summed E-state index contributed by atoms with van der Waals surface area (Å²) in [5.74, 6) is -9.57. The number of nitrogens with zero attached hydrogens (tertiary/aromatic N) is 2. The number of carbonyl (C=O) groups is 1. The SMILES string of the molecule is CC1(C)C(C=C(Cl)C(F)(F)OCC(F)(F)C(F)(F)F)C1(C(=O)O)C(C#N)c1cccc(Oc2ccccn2)c1. The predicted octanol–water partition coefficient (Wildman–Crippen LogP) is 7.14. The van der Waals surface area contributed by atoms with Gasteiger partial charge in [0.15, 0.2) is 0 Å². The van der Waals surface area contributed by atoms with Crippen molar-refractivity contribution in [3.05, 3.63) is 65.3 Å². The summed E-state index contributed by atoms with van der Waals surface area (Å²) in [6.07, 6.45) is -8.98. The normalized spacial score (nSPS) is 22.1. The van der Waals surface area contributed by atoms with Gasteiger partial charge < -0.3 is 14.6 Å². The van der Waals surface area contributed by atoms with Gasteiger partial charge in [-0.3, -0.25) is 4.79 Å². The Bertz CT molecular complexity index is 1300. The fourth-order valence-corrected chi connectivity index (χ4v) is 4.74. The topological polar surface area (TPSA) is 92.4 Å². The molecule has 3 atom stereocenters. The van der Waals surface area contributed by atoms with E-state index in [4.69, 9.17) is 16.3 Å². The van der Waals surface area contributed by atoms with Crippen LogP contribution >= 0.6 is 11.6 Å². The van der Waals surface area contributed by atoms with Crippen LogP contribution < -0.4 is 4.74 Å². The molecule has 1 aromatic carbocycles. The Morgan fingerprint density at radius 3 is 2.38 bits per heavy atom. The quantitative estimate of drug-likeness (QED) is 0.300. The number of carboxylic acids is 1. The van der Waals surface area contributed by atoms with Crippen LogP contribution in [0.15, 0.2) is 59.8 Å². The van der Waals surface area contributed by atoms with Crippen molar-refractivity contribution < 1.29 is 50.1 Å². The smallest absolute Gasteiger partial charge is 0.455 e. The third-order valence-corrected chi connectivity index (χ3v) is 7.03. The number of halogens is 8. The molecule has 2 aromatic rings. The van der Waals surface area contributed by atoms with Crippen molar-refractivity contribution in [2.45, 2.75) is 38.0 Å². The van der Waals surface area contributed by atoms with E-state index in [2.05, 4.69) is 9.72 Å². The standard InChI is InChI=1S/C25H20ClF7N2O4/c1-21(2)17(11-18(26)24(29,30)38-13-22(27,28)25(31,32)33)23(21,20(36)37)16(12-34)14-6-5-7-15(10-14)39-19-8-3-4-9-35-19/h3-11,16-17H,13H2,1-2H3,(H,36,37). The van der Waals surface area contributed by atoms with Crippen molar-refractivity contribution in [3.8, 4) is 17.7 Å². The molecule has 1 fully saturated rings. The highest BCUT2D eigenvalue weighted by Crippen LogP contribution is 2.75. The maximum atomic E-state index is 14.3. The molecule has 3 unspecified atom stereocenters. The minimum atomic E-state index is -6.15. The van der Waals surface area contributed by atoms with E-state index in [1.807, 2.05) is 6.07 Å². The monoisotopic (exact) mass is 580 g/mol. The van der Waals surface area contributed by atoms with Gasteiger partial charge in [0.05, 0.1) is 12.0 Å². The molecular weight excluding hydrogens is 561 g/mol. The number of rotatable bonds is 10. The fourth-order valence-electron chi connectivity index (χ4n) is 4.56. The van der Waals surface area contributed by atoms with E-state index in [0.29, 0.717) is 6.08 Å². The van der Waals surface area contributed by atoms with Crippen LogP contribution in [0.25, 0.3) is 0 Å². The highest BCUT2D eigenvalue weighted by Gasteiger charge is 2.79. The summed E-state index contributed by atoms with van der Waals surface area (Å²) in [6.45, 7) is -0.000738. The molecule has 0 amide bonds. The number of carboxylic acid groups (broad SMARTS) is 1. The molecule has 6 nitrogen and oxygen atoms in total. The van der Waals surface area contributed by atoms with E-state index in [0.717, 1.165) is 0 Å². The first-order valence-corrected chi connectivity index (χ1v) is 11.5. The number of nitriles is 1. The zero-order valence-corrected chi connectivity index (χ0v) is 20.9. The molecule has 1 heterocycles. The summed E-state index contributed by atoms with van der Waals surface area (Å²) in [6, 6.07) is 12.5. The third kappa shape index (κ3) is 5.53. The Kier molecular flexibility index (Phi) is 7.98. The summed E-state index contributed by atoms with van der Waals surface area (Å²) in [5, 5.41) is 18.6. The first-order valence-electron chi connectivity index (χ1n) is 11.1. The second-order valence-electron chi connectivity index (χ2n) is 9.30. The van der Waals surface area contributed by atoms with Crippen molar-refractivity contribution in [3.63, 3.8) is 0 Å². The average molecular weight is 581 g/mol. The number of hydrogen-bond donors (Lipinski definition) is 1. The number of aromatic nitrogens is 1. The van der Waals surface area contributed by atoms with Crippen LogP contribution in [0.2, 0.25) is 0 Å². The number of alkyl halides is 7. The van der Waals surface area contributed by atoms with E-state index in [1.54, 1.807) is 18.2 Å². The summed E-state index contributed by atoms with van der Waals surface area (Å²) < 4.78 is 101. The molecule has 1 aliphatic carbocycles.